The van der Waals surface area contributed by atoms with Crippen LogP contribution in [0.3, 0.4) is 0 Å². The standard InChI is InChI=1S/C12H18N6/c1-16(2)9-3-5-17(7-9)12-11-14-4-6-18(11)8-10(13)15-12/h4,6,8-9H,3,5,7,13H2,1-2H3. The second kappa shape index (κ2) is 4.13. The molecule has 1 saturated heterocycles. The number of hydrogen-bond donors (Lipinski definition) is 1. The van der Waals surface area contributed by atoms with Crippen molar-refractivity contribution in [2.24, 2.45) is 0 Å². The number of anilines is 2. The maximum Gasteiger partial charge on any atom is 0.180 e. The van der Waals surface area contributed by atoms with Crippen LogP contribution < -0.4 is 10.6 Å². The number of nitrogens with two attached hydrogens (primary N) is 1. The Morgan fingerprint density at radius 1 is 1.44 bits per heavy atom. The molecule has 0 aliphatic carbocycles. The van der Waals surface area contributed by atoms with Crippen LogP contribution in [-0.4, -0.2) is 52.5 Å². The van der Waals surface area contributed by atoms with Crippen molar-refractivity contribution >= 4 is 17.3 Å². The van der Waals surface area contributed by atoms with Crippen LogP contribution in [0.4, 0.5) is 11.6 Å². The number of rotatable bonds is 2. The molecule has 18 heavy (non-hydrogen) atoms. The highest BCUT2D eigenvalue weighted by Crippen LogP contribution is 2.24. The van der Waals surface area contributed by atoms with Crippen LogP contribution in [0.1, 0.15) is 6.42 Å². The van der Waals surface area contributed by atoms with Crippen LogP contribution in [0.25, 0.3) is 5.65 Å². The van der Waals surface area contributed by atoms with Crippen LogP contribution in [-0.2, 0) is 0 Å². The zero-order valence-electron chi connectivity index (χ0n) is 10.7. The predicted molar refractivity (Wildman–Crippen MR) is 71.7 cm³/mol. The predicted octanol–water partition coefficient (Wildman–Crippen LogP) is 0.452. The lowest BCUT2D eigenvalue weighted by atomic mass is 10.2. The van der Waals surface area contributed by atoms with Gasteiger partial charge in [0.1, 0.15) is 5.82 Å². The number of nitrogen functional groups attached to an aromatic ring is 1. The average molecular weight is 246 g/mol. The van der Waals surface area contributed by atoms with Crippen molar-refractivity contribution in [3.05, 3.63) is 18.6 Å². The molecule has 0 spiro atoms. The molecule has 6 nitrogen and oxygen atoms in total. The third kappa shape index (κ3) is 1.78. The second-order valence-corrected chi connectivity index (χ2v) is 5.00. The first-order valence-electron chi connectivity index (χ1n) is 6.15. The first-order valence-corrected chi connectivity index (χ1v) is 6.15. The summed E-state index contributed by atoms with van der Waals surface area (Å²) in [6.45, 7) is 1.98. The Hall–Kier alpha value is -1.82. The van der Waals surface area contributed by atoms with Gasteiger partial charge in [-0.2, -0.15) is 0 Å². The van der Waals surface area contributed by atoms with Gasteiger partial charge in [0, 0.05) is 31.5 Å². The molecule has 1 aliphatic heterocycles. The smallest absolute Gasteiger partial charge is 0.180 e. The van der Waals surface area contributed by atoms with E-state index in [2.05, 4.69) is 33.9 Å². The largest absolute Gasteiger partial charge is 0.382 e. The molecule has 0 amide bonds. The summed E-state index contributed by atoms with van der Waals surface area (Å²) < 4.78 is 1.93. The van der Waals surface area contributed by atoms with Crippen molar-refractivity contribution in [2.75, 3.05) is 37.8 Å². The van der Waals surface area contributed by atoms with Crippen molar-refractivity contribution in [3.8, 4) is 0 Å². The number of hydrogen-bond acceptors (Lipinski definition) is 5. The molecule has 1 fully saturated rings. The number of likely N-dealkylation sites (N-methyl/N-ethyl adjacent to an activating group) is 1. The molecule has 0 aromatic carbocycles. The van der Waals surface area contributed by atoms with Crippen molar-refractivity contribution in [1.29, 1.82) is 0 Å². The van der Waals surface area contributed by atoms with E-state index in [-0.39, 0.29) is 0 Å². The SMILES string of the molecule is CN(C)C1CCN(c2nc(N)cn3ccnc23)C1. The van der Waals surface area contributed by atoms with Crippen LogP contribution in [0.2, 0.25) is 0 Å². The van der Waals surface area contributed by atoms with Gasteiger partial charge in [0.25, 0.3) is 0 Å². The van der Waals surface area contributed by atoms with E-state index in [9.17, 15) is 0 Å². The van der Waals surface area contributed by atoms with E-state index >= 15 is 0 Å². The summed E-state index contributed by atoms with van der Waals surface area (Å²) in [5.74, 6) is 1.42. The first kappa shape index (κ1) is 11.3. The van der Waals surface area contributed by atoms with Crippen LogP contribution in [0, 0.1) is 0 Å². The van der Waals surface area contributed by atoms with E-state index in [0.29, 0.717) is 11.9 Å². The molecule has 0 radical (unpaired) electrons. The van der Waals surface area contributed by atoms with Gasteiger partial charge in [0.2, 0.25) is 0 Å². The molecule has 1 unspecified atom stereocenters. The fourth-order valence-electron chi connectivity index (χ4n) is 2.50. The Morgan fingerprint density at radius 3 is 3.00 bits per heavy atom. The summed E-state index contributed by atoms with van der Waals surface area (Å²) in [5, 5.41) is 0. The van der Waals surface area contributed by atoms with E-state index < -0.39 is 0 Å². The van der Waals surface area contributed by atoms with Crippen molar-refractivity contribution in [1.82, 2.24) is 19.3 Å². The Morgan fingerprint density at radius 2 is 2.28 bits per heavy atom. The fourth-order valence-corrected chi connectivity index (χ4v) is 2.50. The molecule has 3 heterocycles. The summed E-state index contributed by atoms with van der Waals surface area (Å²) in [6.07, 6.45) is 6.62. The molecule has 1 atom stereocenters. The number of nitrogens with zero attached hydrogens (tertiary/aromatic N) is 5. The quantitative estimate of drug-likeness (QED) is 0.833. The summed E-state index contributed by atoms with van der Waals surface area (Å²) >= 11 is 0. The lowest BCUT2D eigenvalue weighted by Crippen LogP contribution is -2.32. The Balaban J connectivity index is 1.97. The van der Waals surface area contributed by atoms with E-state index in [1.165, 1.54) is 0 Å². The van der Waals surface area contributed by atoms with E-state index in [4.69, 9.17) is 5.73 Å². The van der Waals surface area contributed by atoms with Gasteiger partial charge in [0.15, 0.2) is 11.5 Å². The average Bonchev–Trinajstić information content (AvgIpc) is 2.95. The highest BCUT2D eigenvalue weighted by Gasteiger charge is 2.26. The zero-order chi connectivity index (χ0) is 12.7. The van der Waals surface area contributed by atoms with Crippen molar-refractivity contribution in [2.45, 2.75) is 12.5 Å². The molecule has 1 aliphatic rings. The van der Waals surface area contributed by atoms with Gasteiger partial charge in [-0.15, -0.1) is 0 Å². The van der Waals surface area contributed by atoms with Gasteiger partial charge in [-0.25, -0.2) is 9.97 Å². The van der Waals surface area contributed by atoms with Gasteiger partial charge >= 0.3 is 0 Å². The Labute approximate surface area is 106 Å². The van der Waals surface area contributed by atoms with Gasteiger partial charge in [-0.1, -0.05) is 0 Å². The highest BCUT2D eigenvalue weighted by atomic mass is 15.3. The van der Waals surface area contributed by atoms with Crippen LogP contribution in [0.15, 0.2) is 18.6 Å². The van der Waals surface area contributed by atoms with E-state index in [0.717, 1.165) is 31.0 Å². The minimum Gasteiger partial charge on any atom is -0.382 e. The monoisotopic (exact) mass is 246 g/mol. The van der Waals surface area contributed by atoms with Crippen LogP contribution in [0.5, 0.6) is 0 Å². The third-order valence-corrected chi connectivity index (χ3v) is 3.57. The van der Waals surface area contributed by atoms with E-state index in [1.807, 2.05) is 10.6 Å². The van der Waals surface area contributed by atoms with Gasteiger partial charge < -0.3 is 19.9 Å². The topological polar surface area (TPSA) is 62.7 Å². The third-order valence-electron chi connectivity index (χ3n) is 3.57. The summed E-state index contributed by atoms with van der Waals surface area (Å²) in [5.41, 5.74) is 6.73. The molecule has 2 aromatic rings. The lowest BCUT2D eigenvalue weighted by molar-refractivity contribution is 0.315. The number of imidazole rings is 1. The van der Waals surface area contributed by atoms with Crippen molar-refractivity contribution < 1.29 is 0 Å². The van der Waals surface area contributed by atoms with Crippen molar-refractivity contribution in [3.63, 3.8) is 0 Å². The molecule has 0 saturated carbocycles. The summed E-state index contributed by atoms with van der Waals surface area (Å²) in [7, 11) is 4.23. The molecule has 2 N–H and O–H groups in total. The molecule has 3 rings (SSSR count). The lowest BCUT2D eigenvalue weighted by Gasteiger charge is -2.21. The molecule has 96 valence electrons. The summed E-state index contributed by atoms with van der Waals surface area (Å²) in [4.78, 5) is 13.3. The van der Waals surface area contributed by atoms with Gasteiger partial charge in [0.05, 0.1) is 6.20 Å². The number of aromatic nitrogens is 3. The van der Waals surface area contributed by atoms with E-state index in [1.54, 1.807) is 12.4 Å². The maximum atomic E-state index is 5.85. The molecule has 2 aromatic heterocycles. The van der Waals surface area contributed by atoms with Crippen LogP contribution >= 0.6 is 0 Å². The minimum atomic E-state index is 0.531. The Kier molecular flexibility index (Phi) is 2.59. The minimum absolute atomic E-state index is 0.531. The fraction of sp³-hybridized carbons (Fsp3) is 0.500. The first-order chi connectivity index (χ1) is 8.65. The van der Waals surface area contributed by atoms with Gasteiger partial charge in [-0.3, -0.25) is 0 Å². The normalized spacial score (nSPS) is 20.2. The van der Waals surface area contributed by atoms with Gasteiger partial charge in [-0.05, 0) is 20.5 Å². The maximum absolute atomic E-state index is 5.85. The number of fused-ring (bicyclic) bond motifs is 1. The Bertz CT molecular complexity index is 561. The molecule has 0 bridgehead atoms. The summed E-state index contributed by atoms with van der Waals surface area (Å²) in [6, 6.07) is 0.572. The molecular formula is C12H18N6. The zero-order valence-corrected chi connectivity index (χ0v) is 10.7. The molecular weight excluding hydrogens is 228 g/mol. The highest BCUT2D eigenvalue weighted by molar-refractivity contribution is 5.66. The molecule has 6 heteroatoms. The second-order valence-electron chi connectivity index (χ2n) is 5.00.